The van der Waals surface area contributed by atoms with Crippen molar-refractivity contribution in [1.82, 2.24) is 0 Å². The maximum Gasteiger partial charge on any atom is 0.311 e. The molecular weight excluding hydrogens is 320 g/mol. The van der Waals surface area contributed by atoms with E-state index in [9.17, 15) is 9.90 Å². The van der Waals surface area contributed by atoms with Crippen molar-refractivity contribution in [2.45, 2.75) is 84.9 Å². The fourth-order valence-corrected chi connectivity index (χ4v) is 3.78. The van der Waals surface area contributed by atoms with Crippen LogP contribution in [-0.4, -0.2) is 39.7 Å². The van der Waals surface area contributed by atoms with E-state index in [2.05, 4.69) is 33.9 Å². The number of aliphatic hydroxyl groups is 1. The van der Waals surface area contributed by atoms with Crippen LogP contribution in [0.5, 0.6) is 0 Å². The molecule has 5 heteroatoms. The fourth-order valence-electron chi connectivity index (χ4n) is 2.69. The second-order valence-electron chi connectivity index (χ2n) is 9.06. The molecule has 0 radical (unpaired) electrons. The van der Waals surface area contributed by atoms with Gasteiger partial charge in [0.2, 0.25) is 0 Å². The molecule has 0 saturated carbocycles. The first-order valence-corrected chi connectivity index (χ1v) is 12.1. The molecule has 1 unspecified atom stereocenters. The van der Waals surface area contributed by atoms with Gasteiger partial charge in [0, 0.05) is 13.2 Å². The average Bonchev–Trinajstić information content (AvgIpc) is 2.44. The van der Waals surface area contributed by atoms with Gasteiger partial charge in [0.1, 0.15) is 0 Å². The quantitative estimate of drug-likeness (QED) is 0.328. The van der Waals surface area contributed by atoms with Crippen LogP contribution >= 0.6 is 0 Å². The van der Waals surface area contributed by atoms with E-state index in [1.807, 2.05) is 13.8 Å². The van der Waals surface area contributed by atoms with E-state index < -0.39 is 13.7 Å². The highest BCUT2D eigenvalue weighted by Crippen LogP contribution is 2.37. The Hall–Kier alpha value is -0.393. The molecule has 0 aromatic carbocycles. The molecule has 0 rings (SSSR count). The Morgan fingerprint density at radius 2 is 1.67 bits per heavy atom. The number of unbranched alkanes of at least 4 members (excludes halogenated alkanes) is 1. The third kappa shape index (κ3) is 8.12. The maximum absolute atomic E-state index is 11.9. The topological polar surface area (TPSA) is 55.8 Å². The minimum Gasteiger partial charge on any atom is -0.469 e. The van der Waals surface area contributed by atoms with Gasteiger partial charge in [0.05, 0.1) is 12.5 Å². The SMILES string of the molecule is COC(=O)C(C)(C)CC(CCO)CCCCO[Si](C)(C)C(C)(C)C. The molecule has 0 aliphatic heterocycles. The number of methoxy groups -OCH3 is 1. The molecule has 0 bridgehead atoms. The molecule has 1 atom stereocenters. The highest BCUT2D eigenvalue weighted by atomic mass is 28.4. The second kappa shape index (κ2) is 9.93. The number of aliphatic hydroxyl groups excluding tert-OH is 1. The molecule has 0 aliphatic carbocycles. The Morgan fingerprint density at radius 3 is 2.12 bits per heavy atom. The Bertz CT molecular complexity index is 372. The summed E-state index contributed by atoms with van der Waals surface area (Å²) >= 11 is 0. The predicted octanol–water partition coefficient (Wildman–Crippen LogP) is 4.77. The van der Waals surface area contributed by atoms with Crippen LogP contribution in [0.15, 0.2) is 0 Å². The summed E-state index contributed by atoms with van der Waals surface area (Å²) in [5.41, 5.74) is -0.494. The highest BCUT2D eigenvalue weighted by Gasteiger charge is 2.37. The van der Waals surface area contributed by atoms with E-state index in [1.54, 1.807) is 0 Å². The van der Waals surface area contributed by atoms with Crippen molar-refractivity contribution < 1.29 is 19.1 Å². The van der Waals surface area contributed by atoms with Gasteiger partial charge < -0.3 is 14.3 Å². The van der Waals surface area contributed by atoms with Crippen LogP contribution in [0, 0.1) is 11.3 Å². The normalized spacial score (nSPS) is 14.5. The second-order valence-corrected chi connectivity index (χ2v) is 13.9. The van der Waals surface area contributed by atoms with Crippen LogP contribution in [0.25, 0.3) is 0 Å². The number of ether oxygens (including phenoxy) is 1. The number of carbonyl (C=O) groups excluding carboxylic acids is 1. The highest BCUT2D eigenvalue weighted by molar-refractivity contribution is 6.74. The maximum atomic E-state index is 11.9. The molecule has 0 heterocycles. The minimum atomic E-state index is -1.66. The molecule has 0 aromatic heterocycles. The number of carbonyl (C=O) groups is 1. The van der Waals surface area contributed by atoms with E-state index in [0.717, 1.165) is 38.7 Å². The lowest BCUT2D eigenvalue weighted by Crippen LogP contribution is -2.40. The van der Waals surface area contributed by atoms with Crippen molar-refractivity contribution in [2.75, 3.05) is 20.3 Å². The zero-order valence-electron chi connectivity index (χ0n) is 17.2. The summed E-state index contributed by atoms with van der Waals surface area (Å²) in [5, 5.41) is 9.54. The summed E-state index contributed by atoms with van der Waals surface area (Å²) in [4.78, 5) is 11.9. The van der Waals surface area contributed by atoms with E-state index in [1.165, 1.54) is 7.11 Å². The van der Waals surface area contributed by atoms with Crippen LogP contribution in [0.4, 0.5) is 0 Å². The summed E-state index contributed by atoms with van der Waals surface area (Å²) in [6.07, 6.45) is 4.61. The molecule has 4 nitrogen and oxygen atoms in total. The number of rotatable bonds is 11. The standard InChI is InChI=1S/C19H40O4Si/c1-18(2,3)24(7,8)23-14-10-9-11-16(12-13-20)15-19(4,5)17(21)22-6/h16,20H,9-15H2,1-8H3. The van der Waals surface area contributed by atoms with Crippen LogP contribution in [0.2, 0.25) is 18.1 Å². The zero-order chi connectivity index (χ0) is 19.0. The Kier molecular flexibility index (Phi) is 9.76. The molecule has 0 saturated heterocycles. The summed E-state index contributed by atoms with van der Waals surface area (Å²) in [6.45, 7) is 16.1. The van der Waals surface area contributed by atoms with Gasteiger partial charge in [-0.25, -0.2) is 0 Å². The van der Waals surface area contributed by atoms with Gasteiger partial charge in [-0.05, 0) is 57.2 Å². The summed E-state index contributed by atoms with van der Waals surface area (Å²) in [5.74, 6) is 0.170. The van der Waals surface area contributed by atoms with Crippen LogP contribution < -0.4 is 0 Å². The first-order chi connectivity index (χ1) is 10.9. The Labute approximate surface area is 150 Å². The van der Waals surface area contributed by atoms with Crippen molar-refractivity contribution in [1.29, 1.82) is 0 Å². The lowest BCUT2D eigenvalue weighted by Gasteiger charge is -2.36. The Morgan fingerprint density at radius 1 is 1.08 bits per heavy atom. The smallest absolute Gasteiger partial charge is 0.311 e. The molecular formula is C19H40O4Si. The molecule has 0 spiro atoms. The van der Waals surface area contributed by atoms with E-state index in [-0.39, 0.29) is 17.6 Å². The van der Waals surface area contributed by atoms with E-state index in [4.69, 9.17) is 9.16 Å². The van der Waals surface area contributed by atoms with Gasteiger partial charge >= 0.3 is 5.97 Å². The van der Waals surface area contributed by atoms with Gasteiger partial charge in [0.25, 0.3) is 0 Å². The average molecular weight is 361 g/mol. The first-order valence-electron chi connectivity index (χ1n) is 9.20. The van der Waals surface area contributed by atoms with Gasteiger partial charge in [-0.15, -0.1) is 0 Å². The number of esters is 1. The van der Waals surface area contributed by atoms with Crippen molar-refractivity contribution in [3.8, 4) is 0 Å². The first kappa shape index (κ1) is 23.6. The third-order valence-electron chi connectivity index (χ3n) is 5.35. The predicted molar refractivity (Wildman–Crippen MR) is 103 cm³/mol. The third-order valence-corrected chi connectivity index (χ3v) is 9.89. The number of hydrogen-bond acceptors (Lipinski definition) is 4. The van der Waals surface area contributed by atoms with Crippen LogP contribution in [0.1, 0.15) is 66.7 Å². The van der Waals surface area contributed by atoms with Crippen molar-refractivity contribution in [2.24, 2.45) is 11.3 Å². The fraction of sp³-hybridized carbons (Fsp3) is 0.947. The molecule has 0 aromatic rings. The zero-order valence-corrected chi connectivity index (χ0v) is 18.2. The van der Waals surface area contributed by atoms with Crippen molar-refractivity contribution in [3.05, 3.63) is 0 Å². The summed E-state index contributed by atoms with van der Waals surface area (Å²) in [7, 11) is -0.223. The van der Waals surface area contributed by atoms with Gasteiger partial charge in [-0.2, -0.15) is 0 Å². The molecule has 0 fully saturated rings. The lowest BCUT2D eigenvalue weighted by atomic mass is 9.79. The monoisotopic (exact) mass is 360 g/mol. The Balaban J connectivity index is 4.31. The van der Waals surface area contributed by atoms with Gasteiger partial charge in [-0.1, -0.05) is 33.6 Å². The summed E-state index contributed by atoms with van der Waals surface area (Å²) < 4.78 is 11.1. The van der Waals surface area contributed by atoms with E-state index in [0.29, 0.717) is 5.92 Å². The molecule has 24 heavy (non-hydrogen) atoms. The molecule has 144 valence electrons. The summed E-state index contributed by atoms with van der Waals surface area (Å²) in [6, 6.07) is 0. The van der Waals surface area contributed by atoms with Crippen LogP contribution in [-0.2, 0) is 14.0 Å². The van der Waals surface area contributed by atoms with Gasteiger partial charge in [-0.3, -0.25) is 4.79 Å². The van der Waals surface area contributed by atoms with Gasteiger partial charge in [0.15, 0.2) is 8.32 Å². The molecule has 0 amide bonds. The largest absolute Gasteiger partial charge is 0.469 e. The van der Waals surface area contributed by atoms with Crippen molar-refractivity contribution >= 4 is 14.3 Å². The molecule has 0 aliphatic rings. The lowest BCUT2D eigenvalue weighted by molar-refractivity contribution is -0.151. The number of hydrogen-bond donors (Lipinski definition) is 1. The minimum absolute atomic E-state index is 0.169. The van der Waals surface area contributed by atoms with E-state index >= 15 is 0 Å². The van der Waals surface area contributed by atoms with Crippen LogP contribution in [0.3, 0.4) is 0 Å². The molecule has 1 N–H and O–H groups in total. The van der Waals surface area contributed by atoms with Crippen molar-refractivity contribution in [3.63, 3.8) is 0 Å².